The first-order valence-electron chi connectivity index (χ1n) is 17.8. The van der Waals surface area contributed by atoms with Crippen molar-refractivity contribution in [1.29, 1.82) is 0 Å². The molecule has 1 aromatic carbocycles. The van der Waals surface area contributed by atoms with E-state index in [1.54, 1.807) is 29.0 Å². The van der Waals surface area contributed by atoms with Gasteiger partial charge in [-0.1, -0.05) is 61.7 Å². The molecule has 4 fully saturated rings. The van der Waals surface area contributed by atoms with Gasteiger partial charge in [0.2, 0.25) is 17.7 Å². The molecule has 10 nitrogen and oxygen atoms in total. The first kappa shape index (κ1) is 35.8. The standard InChI is InChI=1S/C38H53N3O7/c1-5-7-20-30(43)39(4)26(3)33(27-16-10-8-11-17-27)47-37(46)31-29-21-22-38(48-29)32(31)35(44)41(24-14-15-25-42)34(38)36(45)40(23-6-2)28-18-12-9-13-19-28/h5-6,8,10-11,16-17,26,28-29,31-34,42H,1-2,7,9,12-15,18-25H2,3-4H3/t26-,29+,31-,32-,33+,34+,38-/m1/s1. The number of allylic oxidation sites excluding steroid dienone is 1. The second-order valence-electron chi connectivity index (χ2n) is 13.9. The number of hydrogen-bond acceptors (Lipinski definition) is 7. The predicted molar refractivity (Wildman–Crippen MR) is 181 cm³/mol. The van der Waals surface area contributed by atoms with Crippen LogP contribution in [0.4, 0.5) is 0 Å². The monoisotopic (exact) mass is 663 g/mol. The fourth-order valence-corrected chi connectivity index (χ4v) is 8.57. The van der Waals surface area contributed by atoms with Crippen molar-refractivity contribution in [2.24, 2.45) is 11.8 Å². The molecule has 1 aromatic rings. The predicted octanol–water partition coefficient (Wildman–Crippen LogP) is 4.58. The number of likely N-dealkylation sites (tertiary alicyclic amines) is 1. The molecule has 5 rings (SSSR count). The number of esters is 1. The van der Waals surface area contributed by atoms with Crippen LogP contribution in [-0.4, -0.2) is 100 Å². The zero-order valence-electron chi connectivity index (χ0n) is 28.6. The van der Waals surface area contributed by atoms with Gasteiger partial charge < -0.3 is 29.3 Å². The van der Waals surface area contributed by atoms with Crippen LogP contribution in [0.1, 0.15) is 89.2 Å². The lowest BCUT2D eigenvalue weighted by Crippen LogP contribution is -2.58. The molecule has 10 heteroatoms. The van der Waals surface area contributed by atoms with Gasteiger partial charge in [0.05, 0.1) is 24.0 Å². The topological polar surface area (TPSA) is 117 Å². The molecule has 1 aliphatic carbocycles. The average molecular weight is 664 g/mol. The van der Waals surface area contributed by atoms with Gasteiger partial charge >= 0.3 is 5.97 Å². The van der Waals surface area contributed by atoms with E-state index in [0.717, 1.165) is 37.7 Å². The van der Waals surface area contributed by atoms with Gasteiger partial charge in [-0.2, -0.15) is 0 Å². The van der Waals surface area contributed by atoms with Crippen molar-refractivity contribution in [1.82, 2.24) is 14.7 Å². The van der Waals surface area contributed by atoms with Crippen molar-refractivity contribution < 1.29 is 33.8 Å². The number of likely N-dealkylation sites (N-methyl/N-ethyl adjacent to an activating group) is 1. The Kier molecular flexibility index (Phi) is 11.8. The lowest BCUT2D eigenvalue weighted by Gasteiger charge is -2.40. The number of unbranched alkanes of at least 4 members (excludes halogenated alkanes) is 1. The molecule has 4 aliphatic rings. The van der Waals surface area contributed by atoms with Gasteiger partial charge in [0.1, 0.15) is 17.7 Å². The molecule has 0 radical (unpaired) electrons. The summed E-state index contributed by atoms with van der Waals surface area (Å²) in [6, 6.07) is 8.04. The Bertz CT molecular complexity index is 1330. The van der Waals surface area contributed by atoms with Crippen molar-refractivity contribution in [2.45, 2.75) is 113 Å². The third-order valence-corrected chi connectivity index (χ3v) is 11.1. The molecule has 1 saturated carbocycles. The molecule has 3 saturated heterocycles. The number of aliphatic hydroxyl groups is 1. The molecule has 48 heavy (non-hydrogen) atoms. The Morgan fingerprint density at radius 1 is 1.10 bits per heavy atom. The Balaban J connectivity index is 1.45. The van der Waals surface area contributed by atoms with Crippen LogP contribution in [0.3, 0.4) is 0 Å². The highest BCUT2D eigenvalue weighted by molar-refractivity contribution is 5.98. The summed E-state index contributed by atoms with van der Waals surface area (Å²) >= 11 is 0. The van der Waals surface area contributed by atoms with Gasteiger partial charge in [-0.15, -0.1) is 13.2 Å². The largest absolute Gasteiger partial charge is 0.455 e. The molecule has 1 spiro atoms. The minimum absolute atomic E-state index is 0.0169. The van der Waals surface area contributed by atoms with Crippen molar-refractivity contribution in [2.75, 3.05) is 26.7 Å². The van der Waals surface area contributed by atoms with Gasteiger partial charge in [-0.05, 0) is 57.4 Å². The number of carbonyl (C=O) groups excluding carboxylic acids is 4. The van der Waals surface area contributed by atoms with E-state index < -0.39 is 47.7 Å². The summed E-state index contributed by atoms with van der Waals surface area (Å²) in [7, 11) is 1.71. The zero-order valence-corrected chi connectivity index (χ0v) is 28.6. The fourth-order valence-electron chi connectivity index (χ4n) is 8.57. The maximum Gasteiger partial charge on any atom is 0.313 e. The third-order valence-electron chi connectivity index (χ3n) is 11.1. The quantitative estimate of drug-likeness (QED) is 0.156. The second kappa shape index (κ2) is 15.8. The van der Waals surface area contributed by atoms with Crippen LogP contribution in [0.5, 0.6) is 0 Å². The SMILES string of the molecule is C=CCCC(=O)N(C)[C@H](C)[C@H](OC(=O)[C@@H]1[C@@H]2CC[C@]3(O2)[C@H](C(=O)N(CC=C)C2CCCCC2)N(CCCCO)C(=O)[C@@H]13)c1ccccc1. The van der Waals surface area contributed by atoms with Crippen LogP contribution >= 0.6 is 0 Å². The maximum atomic E-state index is 14.7. The van der Waals surface area contributed by atoms with Crippen molar-refractivity contribution >= 4 is 23.7 Å². The van der Waals surface area contributed by atoms with E-state index in [4.69, 9.17) is 9.47 Å². The van der Waals surface area contributed by atoms with Gasteiger partial charge in [-0.3, -0.25) is 19.2 Å². The Morgan fingerprint density at radius 3 is 2.50 bits per heavy atom. The lowest BCUT2D eigenvalue weighted by atomic mass is 9.70. The maximum absolute atomic E-state index is 14.7. The third kappa shape index (κ3) is 6.83. The number of amides is 3. The molecule has 3 heterocycles. The number of rotatable bonds is 16. The molecule has 3 amide bonds. The molecular formula is C38H53N3O7. The highest BCUT2D eigenvalue weighted by atomic mass is 16.6. The molecule has 0 aromatic heterocycles. The van der Waals surface area contributed by atoms with E-state index in [-0.39, 0.29) is 36.9 Å². The van der Waals surface area contributed by atoms with E-state index in [1.807, 2.05) is 42.2 Å². The van der Waals surface area contributed by atoms with Crippen molar-refractivity contribution in [3.63, 3.8) is 0 Å². The summed E-state index contributed by atoms with van der Waals surface area (Å²) in [6.45, 7) is 10.1. The van der Waals surface area contributed by atoms with Crippen LogP contribution in [0.15, 0.2) is 55.6 Å². The summed E-state index contributed by atoms with van der Waals surface area (Å²) < 4.78 is 13.0. The Labute approximate surface area is 285 Å². The Hall–Kier alpha value is -3.50. The molecule has 0 unspecified atom stereocenters. The first-order chi connectivity index (χ1) is 23.2. The number of ether oxygens (including phenoxy) is 2. The van der Waals surface area contributed by atoms with E-state index in [0.29, 0.717) is 45.1 Å². The van der Waals surface area contributed by atoms with Crippen molar-refractivity contribution in [3.05, 3.63) is 61.2 Å². The van der Waals surface area contributed by atoms with Crippen LogP contribution in [-0.2, 0) is 28.7 Å². The number of benzene rings is 1. The number of carbonyl (C=O) groups is 4. The number of aliphatic hydroxyl groups excluding tert-OH is 1. The summed E-state index contributed by atoms with van der Waals surface area (Å²) in [5.41, 5.74) is -0.398. The average Bonchev–Trinajstić information content (AvgIpc) is 3.75. The summed E-state index contributed by atoms with van der Waals surface area (Å²) in [5.74, 6) is -2.79. The van der Waals surface area contributed by atoms with Gasteiger partial charge in [0.15, 0.2) is 0 Å². The summed E-state index contributed by atoms with van der Waals surface area (Å²) in [4.78, 5) is 61.6. The zero-order chi connectivity index (χ0) is 34.4. The first-order valence-corrected chi connectivity index (χ1v) is 17.8. The minimum Gasteiger partial charge on any atom is -0.455 e. The van der Waals surface area contributed by atoms with E-state index in [9.17, 15) is 24.3 Å². The van der Waals surface area contributed by atoms with Gasteiger partial charge in [0.25, 0.3) is 0 Å². The summed E-state index contributed by atoms with van der Waals surface area (Å²) in [6.07, 6.45) is 10.0. The summed E-state index contributed by atoms with van der Waals surface area (Å²) in [5, 5.41) is 9.52. The van der Waals surface area contributed by atoms with E-state index in [2.05, 4.69) is 13.2 Å². The van der Waals surface area contributed by atoms with Crippen LogP contribution in [0.25, 0.3) is 0 Å². The fraction of sp³-hybridized carbons (Fsp3) is 0.632. The van der Waals surface area contributed by atoms with Gasteiger partial charge in [0, 0.05) is 39.2 Å². The highest BCUT2D eigenvalue weighted by Crippen LogP contribution is 2.59. The lowest BCUT2D eigenvalue weighted by molar-refractivity contribution is -0.164. The van der Waals surface area contributed by atoms with E-state index in [1.165, 1.54) is 0 Å². The molecule has 2 bridgehead atoms. The molecular weight excluding hydrogens is 610 g/mol. The molecule has 1 N–H and O–H groups in total. The van der Waals surface area contributed by atoms with Crippen molar-refractivity contribution in [3.8, 4) is 0 Å². The second-order valence-corrected chi connectivity index (χ2v) is 13.9. The number of nitrogens with zero attached hydrogens (tertiary/aromatic N) is 3. The van der Waals surface area contributed by atoms with Crippen LogP contribution < -0.4 is 0 Å². The number of fused-ring (bicyclic) bond motifs is 1. The normalized spacial score (nSPS) is 27.6. The Morgan fingerprint density at radius 2 is 1.83 bits per heavy atom. The molecule has 3 aliphatic heterocycles. The molecule has 262 valence electrons. The van der Waals surface area contributed by atoms with Crippen LogP contribution in [0, 0.1) is 11.8 Å². The van der Waals surface area contributed by atoms with Gasteiger partial charge in [-0.25, -0.2) is 0 Å². The molecule has 7 atom stereocenters. The minimum atomic E-state index is -1.14. The smallest absolute Gasteiger partial charge is 0.313 e. The van der Waals surface area contributed by atoms with Crippen LogP contribution in [0.2, 0.25) is 0 Å². The highest BCUT2D eigenvalue weighted by Gasteiger charge is 2.75. The van der Waals surface area contributed by atoms with E-state index >= 15 is 0 Å². The number of hydrogen-bond donors (Lipinski definition) is 1.